The summed E-state index contributed by atoms with van der Waals surface area (Å²) in [6.07, 6.45) is 0.601. The average Bonchev–Trinajstić information content (AvgIpc) is 3.19. The van der Waals surface area contributed by atoms with Gasteiger partial charge in [-0.25, -0.2) is 14.8 Å². The molecule has 2 aromatic carbocycles. The molecular weight excluding hydrogens is 424 g/mol. The molecule has 0 unspecified atom stereocenters. The van der Waals surface area contributed by atoms with Crippen LogP contribution in [0.1, 0.15) is 36.3 Å². The number of carboxylic acids is 1. The number of carboxylic acid groups (broad SMARTS) is 1. The van der Waals surface area contributed by atoms with E-state index >= 15 is 0 Å². The number of hydrogen-bond donors (Lipinski definition) is 2. The largest absolute Gasteiger partial charge is 0.487 e. The van der Waals surface area contributed by atoms with Crippen molar-refractivity contribution in [2.24, 2.45) is 5.10 Å². The van der Waals surface area contributed by atoms with Crippen molar-refractivity contribution in [1.29, 1.82) is 0 Å². The van der Waals surface area contributed by atoms with Crippen LogP contribution in [0.15, 0.2) is 65.8 Å². The van der Waals surface area contributed by atoms with Crippen LogP contribution in [0, 0.1) is 0 Å². The van der Waals surface area contributed by atoms with Crippen LogP contribution in [0.4, 0.5) is 5.13 Å². The number of pyridine rings is 1. The van der Waals surface area contributed by atoms with Crippen LogP contribution in [0.5, 0.6) is 5.75 Å². The van der Waals surface area contributed by atoms with Gasteiger partial charge in [-0.2, -0.15) is 5.10 Å². The number of nitrogens with zero attached hydrogens (tertiary/aromatic N) is 3. The molecule has 160 valence electrons. The zero-order chi connectivity index (χ0) is 22.3. The first kappa shape index (κ1) is 20.1. The Morgan fingerprint density at radius 2 is 1.97 bits per heavy atom. The third-order valence-electron chi connectivity index (χ3n) is 5.11. The second kappa shape index (κ2) is 7.72. The van der Waals surface area contributed by atoms with Crippen LogP contribution in [-0.2, 0) is 0 Å². The molecule has 5 rings (SSSR count). The summed E-state index contributed by atoms with van der Waals surface area (Å²) in [6.45, 7) is 4.05. The van der Waals surface area contributed by atoms with Crippen LogP contribution >= 0.6 is 11.3 Å². The fourth-order valence-electron chi connectivity index (χ4n) is 3.69. The van der Waals surface area contributed by atoms with Gasteiger partial charge in [0.25, 0.3) is 0 Å². The van der Waals surface area contributed by atoms with Crippen LogP contribution in [0.3, 0.4) is 0 Å². The normalized spacial score (nSPS) is 15.9. The standard InChI is InChI=1S/C24H20N4O3S/c1-24(2)13-19(27-28-23-26-17-6-3-4-9-21(17)32-23)15-12-14(10-11-20(15)31-24)16-7-5-8-18(25-16)22(29)30/h3-12H,13H2,1-2H3,(H,26,28)(H,29,30)/b27-19+. The molecule has 0 radical (unpaired) electrons. The number of aromatic nitrogens is 2. The summed E-state index contributed by atoms with van der Waals surface area (Å²) in [6, 6.07) is 18.6. The van der Waals surface area contributed by atoms with Gasteiger partial charge in [-0.3, -0.25) is 5.43 Å². The predicted molar refractivity (Wildman–Crippen MR) is 126 cm³/mol. The number of nitrogens with one attached hydrogen (secondary N) is 1. The first-order valence-electron chi connectivity index (χ1n) is 10.1. The summed E-state index contributed by atoms with van der Waals surface area (Å²) in [7, 11) is 0. The molecule has 0 bridgehead atoms. The lowest BCUT2D eigenvalue weighted by Crippen LogP contribution is -2.36. The molecule has 0 saturated heterocycles. The van der Waals surface area contributed by atoms with Crippen molar-refractivity contribution < 1.29 is 14.6 Å². The summed E-state index contributed by atoms with van der Waals surface area (Å²) in [5, 5.41) is 14.7. The summed E-state index contributed by atoms with van der Waals surface area (Å²) in [5.74, 6) is -0.332. The number of thiazole rings is 1. The zero-order valence-electron chi connectivity index (χ0n) is 17.5. The highest BCUT2D eigenvalue weighted by Gasteiger charge is 2.31. The van der Waals surface area contributed by atoms with Crippen LogP contribution in [0.25, 0.3) is 21.5 Å². The lowest BCUT2D eigenvalue weighted by molar-refractivity contribution is 0.0690. The van der Waals surface area contributed by atoms with Crippen molar-refractivity contribution >= 4 is 38.4 Å². The number of para-hydroxylation sites is 1. The van der Waals surface area contributed by atoms with Gasteiger partial charge < -0.3 is 9.84 Å². The lowest BCUT2D eigenvalue weighted by atomic mass is 9.91. The highest BCUT2D eigenvalue weighted by atomic mass is 32.1. The van der Waals surface area contributed by atoms with Gasteiger partial charge in [-0.05, 0) is 56.3 Å². The van der Waals surface area contributed by atoms with Crippen molar-refractivity contribution in [3.8, 4) is 17.0 Å². The molecule has 3 heterocycles. The minimum absolute atomic E-state index is 0.00370. The molecule has 0 atom stereocenters. The quantitative estimate of drug-likeness (QED) is 0.407. The topological polar surface area (TPSA) is 96.7 Å². The van der Waals surface area contributed by atoms with E-state index in [0.717, 1.165) is 37.9 Å². The van der Waals surface area contributed by atoms with E-state index < -0.39 is 11.6 Å². The maximum atomic E-state index is 11.3. The highest BCUT2D eigenvalue weighted by Crippen LogP contribution is 2.36. The molecule has 0 amide bonds. The summed E-state index contributed by atoms with van der Waals surface area (Å²) in [4.78, 5) is 20.2. The van der Waals surface area contributed by atoms with Crippen molar-refractivity contribution in [2.75, 3.05) is 5.43 Å². The van der Waals surface area contributed by atoms with Crippen LogP contribution in [0.2, 0.25) is 0 Å². The van der Waals surface area contributed by atoms with Gasteiger partial charge in [0.1, 0.15) is 17.0 Å². The molecule has 4 aromatic rings. The van der Waals surface area contributed by atoms with E-state index in [1.165, 1.54) is 6.07 Å². The lowest BCUT2D eigenvalue weighted by Gasteiger charge is -2.33. The summed E-state index contributed by atoms with van der Waals surface area (Å²) in [5.41, 5.74) is 6.69. The molecule has 0 fully saturated rings. The minimum atomic E-state index is -1.06. The summed E-state index contributed by atoms with van der Waals surface area (Å²) >= 11 is 1.55. The maximum Gasteiger partial charge on any atom is 0.354 e. The number of anilines is 1. The maximum absolute atomic E-state index is 11.3. The Kier molecular flexibility index (Phi) is 4.86. The Bertz CT molecular complexity index is 1340. The van der Waals surface area contributed by atoms with Crippen LogP contribution in [-0.4, -0.2) is 32.4 Å². The Hall–Kier alpha value is -3.78. The summed E-state index contributed by atoms with van der Waals surface area (Å²) < 4.78 is 7.26. The number of hydrogen-bond acceptors (Lipinski definition) is 7. The highest BCUT2D eigenvalue weighted by molar-refractivity contribution is 7.22. The van der Waals surface area contributed by atoms with E-state index in [-0.39, 0.29) is 5.69 Å². The molecular formula is C24H20N4O3S. The van der Waals surface area contributed by atoms with Crippen molar-refractivity contribution in [2.45, 2.75) is 25.9 Å². The molecule has 2 aromatic heterocycles. The number of fused-ring (bicyclic) bond motifs is 2. The second-order valence-corrected chi connectivity index (χ2v) is 9.15. The van der Waals surface area contributed by atoms with Crippen molar-refractivity contribution in [3.63, 3.8) is 0 Å². The predicted octanol–water partition coefficient (Wildman–Crippen LogP) is 5.43. The first-order valence-corrected chi connectivity index (χ1v) is 10.9. The number of carbonyl (C=O) groups is 1. The average molecular weight is 445 g/mol. The van der Waals surface area contributed by atoms with Crippen molar-refractivity contribution in [3.05, 3.63) is 71.9 Å². The number of benzene rings is 2. The number of ether oxygens (including phenoxy) is 1. The van der Waals surface area contributed by atoms with Gasteiger partial charge in [-0.15, -0.1) is 0 Å². The monoisotopic (exact) mass is 444 g/mol. The van der Waals surface area contributed by atoms with E-state index in [4.69, 9.17) is 4.74 Å². The minimum Gasteiger partial charge on any atom is -0.487 e. The molecule has 2 N–H and O–H groups in total. The molecule has 0 saturated carbocycles. The van der Waals surface area contributed by atoms with Gasteiger partial charge in [0, 0.05) is 17.5 Å². The SMILES string of the molecule is CC1(C)C/C(=N\Nc2nc3ccccc3s2)c2cc(-c3cccc(C(=O)O)n3)ccc2O1. The fraction of sp³-hybridized carbons (Fsp3) is 0.167. The smallest absolute Gasteiger partial charge is 0.354 e. The molecule has 0 aliphatic carbocycles. The third kappa shape index (κ3) is 3.92. The Balaban J connectivity index is 1.53. The molecule has 7 nitrogen and oxygen atoms in total. The molecule has 1 aliphatic rings. The third-order valence-corrected chi connectivity index (χ3v) is 6.06. The number of aromatic carboxylic acids is 1. The van der Waals surface area contributed by atoms with Gasteiger partial charge in [0.2, 0.25) is 5.13 Å². The second-order valence-electron chi connectivity index (χ2n) is 8.12. The number of hydrazone groups is 1. The van der Waals surface area contributed by atoms with Gasteiger partial charge in [0.15, 0.2) is 0 Å². The molecule has 1 aliphatic heterocycles. The number of rotatable bonds is 4. The van der Waals surface area contributed by atoms with E-state index in [0.29, 0.717) is 12.1 Å². The van der Waals surface area contributed by atoms with Gasteiger partial charge in [0.05, 0.1) is 21.6 Å². The van der Waals surface area contributed by atoms with E-state index in [9.17, 15) is 9.90 Å². The Morgan fingerprint density at radius 3 is 2.78 bits per heavy atom. The molecule has 32 heavy (non-hydrogen) atoms. The fourth-order valence-corrected chi connectivity index (χ4v) is 4.49. The molecule has 0 spiro atoms. The Labute approximate surface area is 188 Å². The van der Waals surface area contributed by atoms with Gasteiger partial charge >= 0.3 is 5.97 Å². The van der Waals surface area contributed by atoms with E-state index in [1.807, 2.05) is 56.3 Å². The van der Waals surface area contributed by atoms with Gasteiger partial charge in [-0.1, -0.05) is 29.5 Å². The van der Waals surface area contributed by atoms with E-state index in [1.54, 1.807) is 23.5 Å². The molecule has 8 heteroatoms. The van der Waals surface area contributed by atoms with E-state index in [2.05, 4.69) is 20.5 Å². The first-order chi connectivity index (χ1) is 15.4. The zero-order valence-corrected chi connectivity index (χ0v) is 18.3. The van der Waals surface area contributed by atoms with Crippen LogP contribution < -0.4 is 10.2 Å². The van der Waals surface area contributed by atoms with Crippen molar-refractivity contribution in [1.82, 2.24) is 9.97 Å². The Morgan fingerprint density at radius 1 is 1.12 bits per heavy atom.